The molecular formula is C17H12NO4S-. The Kier molecular flexibility index (Phi) is 3.99. The van der Waals surface area contributed by atoms with Gasteiger partial charge in [-0.25, -0.2) is 0 Å². The van der Waals surface area contributed by atoms with Crippen molar-refractivity contribution in [3.05, 3.63) is 69.4 Å². The van der Waals surface area contributed by atoms with Gasteiger partial charge in [0.15, 0.2) is 5.76 Å². The normalized spacial score (nSPS) is 15.9. The number of carboxylic acids is 1. The minimum Gasteiger partial charge on any atom is -0.544 e. The molecule has 2 heterocycles. The second kappa shape index (κ2) is 6.10. The van der Waals surface area contributed by atoms with Gasteiger partial charge in [-0.1, -0.05) is 18.2 Å². The lowest BCUT2D eigenvalue weighted by Gasteiger charge is -2.08. The summed E-state index contributed by atoms with van der Waals surface area (Å²) in [7, 11) is 0. The van der Waals surface area contributed by atoms with Gasteiger partial charge in [0.05, 0.1) is 5.97 Å². The summed E-state index contributed by atoms with van der Waals surface area (Å²) in [5.41, 5.74) is 1.09. The minimum absolute atomic E-state index is 0.0341. The van der Waals surface area contributed by atoms with Gasteiger partial charge >= 0.3 is 0 Å². The van der Waals surface area contributed by atoms with Crippen LogP contribution < -0.4 is 10.4 Å². The zero-order chi connectivity index (χ0) is 16.4. The second-order valence-electron chi connectivity index (χ2n) is 4.89. The molecule has 1 aromatic heterocycles. The van der Waals surface area contributed by atoms with Gasteiger partial charge in [-0.15, -0.1) is 11.3 Å². The summed E-state index contributed by atoms with van der Waals surface area (Å²) in [6, 6.07) is 10.8. The van der Waals surface area contributed by atoms with E-state index < -0.39 is 17.3 Å². The number of carbonyl (C=O) groups excluding carboxylic acids is 2. The van der Waals surface area contributed by atoms with Crippen LogP contribution in [0.3, 0.4) is 0 Å². The fourth-order valence-corrected chi connectivity index (χ4v) is 2.95. The first kappa shape index (κ1) is 15.1. The predicted octanol–water partition coefficient (Wildman–Crippen LogP) is 2.07. The van der Waals surface area contributed by atoms with E-state index in [0.29, 0.717) is 5.69 Å². The van der Waals surface area contributed by atoms with E-state index in [1.807, 2.05) is 24.4 Å². The van der Waals surface area contributed by atoms with Crippen molar-refractivity contribution < 1.29 is 19.4 Å². The average Bonchev–Trinajstić information content (AvgIpc) is 3.05. The van der Waals surface area contributed by atoms with Crippen molar-refractivity contribution in [2.45, 2.75) is 6.92 Å². The van der Waals surface area contributed by atoms with Gasteiger partial charge in [-0.3, -0.25) is 4.79 Å². The Hall–Kier alpha value is -2.86. The van der Waals surface area contributed by atoms with Gasteiger partial charge in [-0.2, -0.15) is 0 Å². The molecule has 2 aromatic rings. The number of ketones is 1. The Bertz CT molecular complexity index is 833. The number of thiophene rings is 1. The predicted molar refractivity (Wildman–Crippen MR) is 85.2 cm³/mol. The molecule has 1 N–H and O–H groups in total. The summed E-state index contributed by atoms with van der Waals surface area (Å²) in [5, 5.41) is 16.0. The fraction of sp³-hybridized carbons (Fsp3) is 0.0588. The molecule has 0 atom stereocenters. The van der Waals surface area contributed by atoms with Gasteiger partial charge < -0.3 is 20.0 Å². The largest absolute Gasteiger partial charge is 0.544 e. The van der Waals surface area contributed by atoms with Crippen molar-refractivity contribution in [1.82, 2.24) is 0 Å². The van der Waals surface area contributed by atoms with E-state index in [9.17, 15) is 14.7 Å². The first-order valence-electron chi connectivity index (χ1n) is 6.82. The van der Waals surface area contributed by atoms with Crippen LogP contribution >= 0.6 is 11.3 Å². The molecule has 5 nitrogen and oxygen atoms in total. The number of ether oxygens (including phenoxy) is 1. The number of rotatable bonds is 4. The number of hydrogen-bond acceptors (Lipinski definition) is 6. The molecule has 0 fully saturated rings. The highest BCUT2D eigenvalue weighted by Gasteiger charge is 2.32. The van der Waals surface area contributed by atoms with Crippen molar-refractivity contribution >= 4 is 34.9 Å². The van der Waals surface area contributed by atoms with Crippen LogP contribution in [0.2, 0.25) is 0 Å². The molecule has 0 spiro atoms. The van der Waals surface area contributed by atoms with Crippen molar-refractivity contribution in [2.24, 2.45) is 0 Å². The summed E-state index contributed by atoms with van der Waals surface area (Å²) in [6.45, 7) is 1.90. The Morgan fingerprint density at radius 2 is 2.00 bits per heavy atom. The maximum absolute atomic E-state index is 12.3. The van der Waals surface area contributed by atoms with Gasteiger partial charge in [0.25, 0.3) is 0 Å². The second-order valence-corrected chi connectivity index (χ2v) is 5.84. The number of aryl methyl sites for hydroxylation is 1. The lowest BCUT2D eigenvalue weighted by atomic mass is 10.1. The zero-order valence-corrected chi connectivity index (χ0v) is 13.0. The molecule has 0 amide bonds. The van der Waals surface area contributed by atoms with E-state index >= 15 is 0 Å². The molecule has 0 bridgehead atoms. The monoisotopic (exact) mass is 326 g/mol. The molecule has 0 radical (unpaired) electrons. The lowest BCUT2D eigenvalue weighted by Crippen LogP contribution is -2.28. The smallest absolute Gasteiger partial charge is 0.235 e. The van der Waals surface area contributed by atoms with Crippen LogP contribution in [0.15, 0.2) is 59.0 Å². The molecular weight excluding hydrogens is 314 g/mol. The molecule has 3 rings (SSSR count). The fourth-order valence-electron chi connectivity index (χ4n) is 2.11. The van der Waals surface area contributed by atoms with Crippen LogP contribution in [0.4, 0.5) is 5.69 Å². The van der Waals surface area contributed by atoms with Gasteiger partial charge in [0.1, 0.15) is 5.57 Å². The number of hydrogen-bond donors (Lipinski definition) is 1. The Labute approximate surface area is 136 Å². The SMILES string of the molecule is Cc1ccsc1/C=C1\OC(Nc2ccccc2)=C(C(=O)[O-])C1=O. The summed E-state index contributed by atoms with van der Waals surface area (Å²) >= 11 is 1.44. The number of nitrogens with one attached hydrogen (secondary N) is 1. The van der Waals surface area contributed by atoms with Crippen LogP contribution in [-0.4, -0.2) is 11.8 Å². The van der Waals surface area contributed by atoms with Crippen molar-refractivity contribution in [3.8, 4) is 0 Å². The van der Waals surface area contributed by atoms with Crippen molar-refractivity contribution in [2.75, 3.05) is 5.32 Å². The molecule has 6 heteroatoms. The maximum Gasteiger partial charge on any atom is 0.235 e. The summed E-state index contributed by atoms with van der Waals surface area (Å²) in [5.74, 6) is -2.43. The van der Waals surface area contributed by atoms with E-state index in [1.165, 1.54) is 11.3 Å². The quantitative estimate of drug-likeness (QED) is 0.687. The molecule has 23 heavy (non-hydrogen) atoms. The first-order valence-corrected chi connectivity index (χ1v) is 7.70. The van der Waals surface area contributed by atoms with Gasteiger partial charge in [-0.05, 0) is 36.1 Å². The zero-order valence-electron chi connectivity index (χ0n) is 12.2. The molecule has 0 saturated carbocycles. The van der Waals surface area contributed by atoms with E-state index in [1.54, 1.807) is 30.3 Å². The Balaban J connectivity index is 1.94. The molecule has 0 saturated heterocycles. The molecule has 0 unspecified atom stereocenters. The summed E-state index contributed by atoms with van der Waals surface area (Å²) in [6.07, 6.45) is 1.55. The van der Waals surface area contributed by atoms with Crippen LogP contribution in [0.1, 0.15) is 10.4 Å². The van der Waals surface area contributed by atoms with Crippen LogP contribution in [0.25, 0.3) is 6.08 Å². The molecule has 1 aliphatic heterocycles. The minimum atomic E-state index is -1.57. The Morgan fingerprint density at radius 3 is 2.61 bits per heavy atom. The molecule has 1 aliphatic rings. The highest BCUT2D eigenvalue weighted by Crippen LogP contribution is 2.29. The van der Waals surface area contributed by atoms with E-state index in [-0.39, 0.29) is 11.6 Å². The van der Waals surface area contributed by atoms with Crippen LogP contribution in [0, 0.1) is 6.92 Å². The first-order chi connectivity index (χ1) is 11.1. The number of allylic oxidation sites excluding steroid dienone is 1. The van der Waals surface area contributed by atoms with Crippen LogP contribution in [0.5, 0.6) is 0 Å². The molecule has 1 aromatic carbocycles. The van der Waals surface area contributed by atoms with Crippen molar-refractivity contribution in [1.29, 1.82) is 0 Å². The highest BCUT2D eigenvalue weighted by molar-refractivity contribution is 7.11. The summed E-state index contributed by atoms with van der Waals surface area (Å²) in [4.78, 5) is 24.4. The third-order valence-corrected chi connectivity index (χ3v) is 4.26. The maximum atomic E-state index is 12.3. The van der Waals surface area contributed by atoms with Gasteiger partial charge in [0.2, 0.25) is 11.7 Å². The number of Topliss-reactive ketones (excluding diaryl/α,β-unsaturated/α-hetero) is 1. The number of benzene rings is 1. The number of aliphatic carboxylic acids is 1. The number of anilines is 1. The Morgan fingerprint density at radius 1 is 1.26 bits per heavy atom. The lowest BCUT2D eigenvalue weighted by molar-refractivity contribution is -0.298. The topological polar surface area (TPSA) is 78.5 Å². The van der Waals surface area contributed by atoms with E-state index in [2.05, 4.69) is 5.32 Å². The number of carboxylic acid groups (broad SMARTS) is 1. The molecule has 116 valence electrons. The van der Waals surface area contributed by atoms with Crippen LogP contribution in [-0.2, 0) is 14.3 Å². The van der Waals surface area contributed by atoms with Gasteiger partial charge in [0, 0.05) is 16.6 Å². The highest BCUT2D eigenvalue weighted by atomic mass is 32.1. The molecule has 0 aliphatic carbocycles. The summed E-state index contributed by atoms with van der Waals surface area (Å²) < 4.78 is 5.45. The third kappa shape index (κ3) is 3.02. The van der Waals surface area contributed by atoms with E-state index in [4.69, 9.17) is 4.74 Å². The van der Waals surface area contributed by atoms with E-state index in [0.717, 1.165) is 10.4 Å². The number of para-hydroxylation sites is 1. The number of carbonyl (C=O) groups is 2. The average molecular weight is 326 g/mol. The third-order valence-electron chi connectivity index (χ3n) is 3.29. The standard InChI is InChI=1S/C17H13NO4S/c1-10-7-8-23-13(10)9-12-15(19)14(17(20)21)16(22-12)18-11-5-3-2-4-6-11/h2-9,18H,1H3,(H,20,21)/p-1/b12-9-. The van der Waals surface area contributed by atoms with Crippen molar-refractivity contribution in [3.63, 3.8) is 0 Å².